The topological polar surface area (TPSA) is 64.9 Å². The van der Waals surface area contributed by atoms with Crippen molar-refractivity contribution in [2.24, 2.45) is 5.73 Å². The zero-order chi connectivity index (χ0) is 16.3. The molecule has 0 aliphatic heterocycles. The van der Waals surface area contributed by atoms with Crippen LogP contribution in [0.3, 0.4) is 0 Å². The van der Waals surface area contributed by atoms with E-state index in [2.05, 4.69) is 41.3 Å². The summed E-state index contributed by atoms with van der Waals surface area (Å²) in [6.45, 7) is 2.83. The molecule has 2 aromatic rings. The summed E-state index contributed by atoms with van der Waals surface area (Å²) >= 11 is 0. The number of hydrogen-bond donors (Lipinski definition) is 1. The van der Waals surface area contributed by atoms with Crippen molar-refractivity contribution in [3.63, 3.8) is 0 Å². The van der Waals surface area contributed by atoms with Gasteiger partial charge in [0.1, 0.15) is 0 Å². The van der Waals surface area contributed by atoms with Crippen molar-refractivity contribution >= 4 is 0 Å². The fourth-order valence-corrected chi connectivity index (χ4v) is 2.65. The smallest absolute Gasteiger partial charge is 0.226 e. The maximum absolute atomic E-state index is 5.61. The number of aromatic nitrogens is 2. The van der Waals surface area contributed by atoms with Crippen LogP contribution in [0.1, 0.15) is 68.3 Å². The highest BCUT2D eigenvalue weighted by molar-refractivity contribution is 5.22. The summed E-state index contributed by atoms with van der Waals surface area (Å²) < 4.78 is 5.35. The van der Waals surface area contributed by atoms with E-state index >= 15 is 0 Å². The third kappa shape index (κ3) is 6.53. The molecule has 0 atom stereocenters. The van der Waals surface area contributed by atoms with Crippen molar-refractivity contribution in [1.82, 2.24) is 10.1 Å². The summed E-state index contributed by atoms with van der Waals surface area (Å²) in [5.41, 5.74) is 8.04. The molecule has 0 saturated heterocycles. The minimum atomic E-state index is 0.589. The third-order valence-electron chi connectivity index (χ3n) is 4.15. The summed E-state index contributed by atoms with van der Waals surface area (Å²) in [6, 6.07) is 8.39. The minimum Gasteiger partial charge on any atom is -0.339 e. The zero-order valence-electron chi connectivity index (χ0n) is 14.3. The molecular formula is C19H29N3O. The highest BCUT2D eigenvalue weighted by Gasteiger charge is 2.06. The zero-order valence-corrected chi connectivity index (χ0v) is 14.3. The molecule has 2 rings (SSSR count). The predicted molar refractivity (Wildman–Crippen MR) is 93.1 cm³/mol. The molecule has 0 unspecified atom stereocenters. The number of hydrogen-bond acceptors (Lipinski definition) is 4. The van der Waals surface area contributed by atoms with Crippen molar-refractivity contribution in [3.05, 3.63) is 47.1 Å². The molecule has 0 saturated carbocycles. The first kappa shape index (κ1) is 17.7. The SMILES string of the molecule is CCCCCCCCc1noc(CCc2ccc(CN)cc2)n1. The van der Waals surface area contributed by atoms with Crippen LogP contribution in [0.25, 0.3) is 0 Å². The van der Waals surface area contributed by atoms with Gasteiger partial charge in [-0.2, -0.15) is 4.98 Å². The Hall–Kier alpha value is -1.68. The van der Waals surface area contributed by atoms with E-state index in [1.165, 1.54) is 37.7 Å². The largest absolute Gasteiger partial charge is 0.339 e. The highest BCUT2D eigenvalue weighted by Crippen LogP contribution is 2.10. The van der Waals surface area contributed by atoms with Crippen molar-refractivity contribution in [3.8, 4) is 0 Å². The fourth-order valence-electron chi connectivity index (χ4n) is 2.65. The van der Waals surface area contributed by atoms with Crippen molar-refractivity contribution < 1.29 is 4.52 Å². The van der Waals surface area contributed by atoms with Gasteiger partial charge in [0.2, 0.25) is 5.89 Å². The van der Waals surface area contributed by atoms with Gasteiger partial charge in [-0.3, -0.25) is 0 Å². The molecule has 0 aliphatic carbocycles. The fraction of sp³-hybridized carbons (Fsp3) is 0.579. The first-order valence-corrected chi connectivity index (χ1v) is 8.91. The van der Waals surface area contributed by atoms with Gasteiger partial charge in [0.05, 0.1) is 0 Å². The second-order valence-corrected chi connectivity index (χ2v) is 6.14. The van der Waals surface area contributed by atoms with Crippen LogP contribution >= 0.6 is 0 Å². The van der Waals surface area contributed by atoms with E-state index in [0.29, 0.717) is 6.54 Å². The average molecular weight is 315 g/mol. The first-order chi connectivity index (χ1) is 11.3. The van der Waals surface area contributed by atoms with Crippen LogP contribution in [-0.2, 0) is 25.8 Å². The van der Waals surface area contributed by atoms with Crippen molar-refractivity contribution in [2.75, 3.05) is 0 Å². The number of aryl methyl sites for hydroxylation is 3. The highest BCUT2D eigenvalue weighted by atomic mass is 16.5. The van der Waals surface area contributed by atoms with E-state index in [1.54, 1.807) is 0 Å². The Morgan fingerprint density at radius 3 is 2.30 bits per heavy atom. The Morgan fingerprint density at radius 2 is 1.57 bits per heavy atom. The lowest BCUT2D eigenvalue weighted by Gasteiger charge is -2.00. The van der Waals surface area contributed by atoms with E-state index in [-0.39, 0.29) is 0 Å². The molecule has 126 valence electrons. The van der Waals surface area contributed by atoms with Gasteiger partial charge in [-0.15, -0.1) is 0 Å². The van der Waals surface area contributed by atoms with Crippen LogP contribution in [0.15, 0.2) is 28.8 Å². The predicted octanol–water partition coefficient (Wildman–Crippen LogP) is 4.22. The summed E-state index contributed by atoms with van der Waals surface area (Å²) in [7, 11) is 0. The molecule has 0 spiro atoms. The third-order valence-corrected chi connectivity index (χ3v) is 4.15. The summed E-state index contributed by atoms with van der Waals surface area (Å²) in [4.78, 5) is 4.50. The molecule has 1 aromatic heterocycles. The number of nitrogens with zero attached hydrogens (tertiary/aromatic N) is 2. The van der Waals surface area contributed by atoms with Gasteiger partial charge in [0, 0.05) is 19.4 Å². The molecule has 23 heavy (non-hydrogen) atoms. The quantitative estimate of drug-likeness (QED) is 0.631. The maximum atomic E-state index is 5.61. The monoisotopic (exact) mass is 315 g/mol. The Kier molecular flexibility index (Phi) is 7.81. The number of rotatable bonds is 11. The minimum absolute atomic E-state index is 0.589. The maximum Gasteiger partial charge on any atom is 0.226 e. The molecule has 1 aromatic carbocycles. The van der Waals surface area contributed by atoms with E-state index < -0.39 is 0 Å². The van der Waals surface area contributed by atoms with Crippen LogP contribution in [-0.4, -0.2) is 10.1 Å². The van der Waals surface area contributed by atoms with Crippen LogP contribution in [0.2, 0.25) is 0 Å². The molecular weight excluding hydrogens is 286 g/mol. The van der Waals surface area contributed by atoms with E-state index in [0.717, 1.165) is 43.0 Å². The van der Waals surface area contributed by atoms with E-state index in [1.807, 2.05) is 0 Å². The Labute approximate surface area is 139 Å². The molecule has 2 N–H and O–H groups in total. The standard InChI is InChI=1S/C19H29N3O/c1-2-3-4-5-6-7-8-18-21-19(23-22-18)14-13-16-9-11-17(15-20)12-10-16/h9-12H,2-8,13-15,20H2,1H3. The van der Waals surface area contributed by atoms with Gasteiger partial charge in [-0.25, -0.2) is 0 Å². The summed E-state index contributed by atoms with van der Waals surface area (Å²) in [5, 5.41) is 4.09. The molecule has 0 fully saturated rings. The van der Waals surface area contributed by atoms with Gasteiger partial charge < -0.3 is 10.3 Å². The second-order valence-electron chi connectivity index (χ2n) is 6.14. The number of nitrogens with two attached hydrogens (primary N) is 1. The van der Waals surface area contributed by atoms with Gasteiger partial charge in [-0.05, 0) is 24.0 Å². The molecule has 1 heterocycles. The van der Waals surface area contributed by atoms with Crippen LogP contribution < -0.4 is 5.73 Å². The summed E-state index contributed by atoms with van der Waals surface area (Å²) in [5.74, 6) is 1.60. The second kappa shape index (κ2) is 10.2. The number of unbranched alkanes of at least 4 members (excludes halogenated alkanes) is 5. The van der Waals surface area contributed by atoms with E-state index in [4.69, 9.17) is 10.3 Å². The lowest BCUT2D eigenvalue weighted by atomic mass is 10.1. The normalized spacial score (nSPS) is 11.0. The molecule has 4 heteroatoms. The van der Waals surface area contributed by atoms with Crippen molar-refractivity contribution in [1.29, 1.82) is 0 Å². The Bertz CT molecular complexity index is 548. The van der Waals surface area contributed by atoms with Gasteiger partial charge in [0.15, 0.2) is 5.82 Å². The van der Waals surface area contributed by atoms with Crippen molar-refractivity contribution in [2.45, 2.75) is 71.3 Å². The Balaban J connectivity index is 1.67. The van der Waals surface area contributed by atoms with Crippen LogP contribution in [0, 0.1) is 0 Å². The molecule has 0 bridgehead atoms. The first-order valence-electron chi connectivity index (χ1n) is 8.91. The van der Waals surface area contributed by atoms with Gasteiger partial charge in [-0.1, -0.05) is 68.4 Å². The molecule has 4 nitrogen and oxygen atoms in total. The van der Waals surface area contributed by atoms with Gasteiger partial charge in [0.25, 0.3) is 0 Å². The van der Waals surface area contributed by atoms with Gasteiger partial charge >= 0.3 is 0 Å². The average Bonchev–Trinajstić information content (AvgIpc) is 3.04. The molecule has 0 aliphatic rings. The van der Waals surface area contributed by atoms with Crippen LogP contribution in [0.4, 0.5) is 0 Å². The molecule has 0 amide bonds. The van der Waals surface area contributed by atoms with Crippen LogP contribution in [0.5, 0.6) is 0 Å². The van der Waals surface area contributed by atoms with E-state index in [9.17, 15) is 0 Å². The Morgan fingerprint density at radius 1 is 0.870 bits per heavy atom. The number of benzene rings is 1. The lowest BCUT2D eigenvalue weighted by Crippen LogP contribution is -1.97. The lowest BCUT2D eigenvalue weighted by molar-refractivity contribution is 0.372. The molecule has 0 radical (unpaired) electrons. The summed E-state index contributed by atoms with van der Waals surface area (Å²) in [6.07, 6.45) is 10.4.